The zero-order valence-corrected chi connectivity index (χ0v) is 18.7. The molecule has 4 nitrogen and oxygen atoms in total. The fourth-order valence-electron chi connectivity index (χ4n) is 4.10. The van der Waals surface area contributed by atoms with Crippen LogP contribution in [0.2, 0.25) is 0 Å². The van der Waals surface area contributed by atoms with Gasteiger partial charge < -0.3 is 4.74 Å². The van der Waals surface area contributed by atoms with Gasteiger partial charge in [-0.25, -0.2) is 8.42 Å². The van der Waals surface area contributed by atoms with E-state index in [-0.39, 0.29) is 12.6 Å². The van der Waals surface area contributed by atoms with Gasteiger partial charge >= 0.3 is 0 Å². The average molecular weight is 434 g/mol. The van der Waals surface area contributed by atoms with E-state index < -0.39 is 10.0 Å². The van der Waals surface area contributed by atoms with Crippen molar-refractivity contribution in [3.05, 3.63) is 102 Å². The van der Waals surface area contributed by atoms with Crippen LogP contribution < -0.4 is 0 Å². The van der Waals surface area contributed by atoms with Crippen molar-refractivity contribution >= 4 is 20.8 Å². The Kier molecular flexibility index (Phi) is 5.99. The van der Waals surface area contributed by atoms with E-state index >= 15 is 0 Å². The number of nitrogens with zero attached hydrogens (tertiary/aromatic N) is 1. The number of hydrogen-bond donors (Lipinski definition) is 0. The quantitative estimate of drug-likeness (QED) is 0.464. The molecule has 3 aromatic carbocycles. The fourth-order valence-corrected chi connectivity index (χ4v) is 5.70. The zero-order valence-electron chi connectivity index (χ0n) is 17.9. The summed E-state index contributed by atoms with van der Waals surface area (Å²) in [5.41, 5.74) is 2.84. The molecule has 0 radical (unpaired) electrons. The lowest BCUT2D eigenvalue weighted by atomic mass is 9.93. The van der Waals surface area contributed by atoms with E-state index in [1.807, 2.05) is 50.2 Å². The number of benzene rings is 3. The highest BCUT2D eigenvalue weighted by molar-refractivity contribution is 7.89. The third kappa shape index (κ3) is 4.16. The molecule has 0 bridgehead atoms. The van der Waals surface area contributed by atoms with Crippen LogP contribution in [0, 0.1) is 6.92 Å². The predicted molar refractivity (Wildman–Crippen MR) is 125 cm³/mol. The smallest absolute Gasteiger partial charge is 0.243 e. The van der Waals surface area contributed by atoms with Gasteiger partial charge in [0.15, 0.2) is 0 Å². The number of ether oxygens (including phenoxy) is 1. The molecule has 3 aromatic rings. The van der Waals surface area contributed by atoms with Crippen molar-refractivity contribution in [2.75, 3.05) is 13.2 Å². The molecule has 1 aliphatic rings. The third-order valence-electron chi connectivity index (χ3n) is 5.75. The number of fused-ring (bicyclic) bond motifs is 1. The highest BCUT2D eigenvalue weighted by atomic mass is 32.2. The van der Waals surface area contributed by atoms with Crippen molar-refractivity contribution in [1.29, 1.82) is 0 Å². The molecular formula is C26H27NO3S. The summed E-state index contributed by atoms with van der Waals surface area (Å²) in [5, 5.41) is 2.17. The van der Waals surface area contributed by atoms with Gasteiger partial charge in [-0.15, -0.1) is 0 Å². The van der Waals surface area contributed by atoms with Crippen molar-refractivity contribution in [2.24, 2.45) is 0 Å². The van der Waals surface area contributed by atoms with E-state index in [4.69, 9.17) is 4.74 Å². The minimum Gasteiger partial charge on any atom is -0.494 e. The lowest BCUT2D eigenvalue weighted by Crippen LogP contribution is -2.39. The summed E-state index contributed by atoms with van der Waals surface area (Å²) in [4.78, 5) is 0.298. The van der Waals surface area contributed by atoms with Gasteiger partial charge in [-0.3, -0.25) is 0 Å². The van der Waals surface area contributed by atoms with Crippen LogP contribution in [-0.2, 0) is 14.8 Å². The van der Waals surface area contributed by atoms with Crippen molar-refractivity contribution in [3.63, 3.8) is 0 Å². The van der Waals surface area contributed by atoms with Gasteiger partial charge in [-0.2, -0.15) is 4.31 Å². The zero-order chi connectivity index (χ0) is 22.0. The van der Waals surface area contributed by atoms with E-state index in [2.05, 4.69) is 30.9 Å². The first-order valence-corrected chi connectivity index (χ1v) is 11.9. The number of hydrogen-bond acceptors (Lipinski definition) is 3. The summed E-state index contributed by atoms with van der Waals surface area (Å²) in [6.07, 6.45) is 2.62. The monoisotopic (exact) mass is 433 g/mol. The fraction of sp³-hybridized carbons (Fsp3) is 0.231. The highest BCUT2D eigenvalue weighted by Gasteiger charge is 2.36. The molecule has 1 unspecified atom stereocenters. The standard InChI is InChI=1S/C26H27NO3S/c1-4-30-20(3)22-14-17-26(25-11-7-9-21-8-5-6-10-24(21)25)27(18-22)31(28,29)23-15-12-19(2)13-16-23/h5-16,26H,3-4,17-18H2,1-2H3. The summed E-state index contributed by atoms with van der Waals surface area (Å²) in [6.45, 7) is 8.57. The average Bonchev–Trinajstić information content (AvgIpc) is 2.79. The minimum atomic E-state index is -3.73. The SMILES string of the molecule is C=C(OCC)C1=CCC(c2cccc3ccccc23)N(S(=O)(=O)c2ccc(C)cc2)C1. The van der Waals surface area contributed by atoms with E-state index in [1.54, 1.807) is 16.4 Å². The van der Waals surface area contributed by atoms with Crippen LogP contribution in [0.3, 0.4) is 0 Å². The van der Waals surface area contributed by atoms with Crippen molar-refractivity contribution < 1.29 is 13.2 Å². The maximum atomic E-state index is 13.8. The molecule has 0 fully saturated rings. The normalized spacial score (nSPS) is 17.4. The van der Waals surface area contributed by atoms with E-state index in [1.165, 1.54) is 0 Å². The maximum absolute atomic E-state index is 13.8. The predicted octanol–water partition coefficient (Wildman–Crippen LogP) is 5.76. The second-order valence-electron chi connectivity index (χ2n) is 7.77. The van der Waals surface area contributed by atoms with Crippen LogP contribution in [0.5, 0.6) is 0 Å². The second-order valence-corrected chi connectivity index (χ2v) is 9.66. The van der Waals surface area contributed by atoms with Gasteiger partial charge in [0.2, 0.25) is 10.0 Å². The van der Waals surface area contributed by atoms with Crippen LogP contribution in [0.1, 0.15) is 30.5 Å². The Morgan fingerprint density at radius 3 is 2.52 bits per heavy atom. The topological polar surface area (TPSA) is 46.6 Å². The van der Waals surface area contributed by atoms with Crippen LogP contribution in [0.4, 0.5) is 0 Å². The first kappa shape index (κ1) is 21.3. The Hall–Kier alpha value is -2.89. The van der Waals surface area contributed by atoms with Crippen LogP contribution >= 0.6 is 0 Å². The molecule has 160 valence electrons. The third-order valence-corrected chi connectivity index (χ3v) is 7.62. The molecule has 0 saturated carbocycles. The van der Waals surface area contributed by atoms with Gasteiger partial charge in [0, 0.05) is 12.1 Å². The molecule has 0 aromatic heterocycles. The molecule has 4 rings (SSSR count). The molecule has 1 atom stereocenters. The van der Waals surface area contributed by atoms with Crippen molar-refractivity contribution in [3.8, 4) is 0 Å². The number of sulfonamides is 1. The Labute approximate surface area is 184 Å². The molecule has 1 aliphatic heterocycles. The van der Waals surface area contributed by atoms with E-state index in [9.17, 15) is 8.42 Å². The number of aryl methyl sites for hydroxylation is 1. The molecule has 0 N–H and O–H groups in total. The molecule has 0 spiro atoms. The van der Waals surface area contributed by atoms with Crippen LogP contribution in [0.15, 0.2) is 95.6 Å². The lowest BCUT2D eigenvalue weighted by molar-refractivity contribution is 0.229. The van der Waals surface area contributed by atoms with Gasteiger partial charge in [0.1, 0.15) is 5.76 Å². The van der Waals surface area contributed by atoms with Gasteiger partial charge in [-0.05, 0) is 48.7 Å². The summed E-state index contributed by atoms with van der Waals surface area (Å²) < 4.78 is 34.7. The van der Waals surface area contributed by atoms with Crippen molar-refractivity contribution in [1.82, 2.24) is 4.31 Å². The Morgan fingerprint density at radius 2 is 1.77 bits per heavy atom. The Bertz CT molecular complexity index is 1240. The van der Waals surface area contributed by atoms with Gasteiger partial charge in [0.25, 0.3) is 0 Å². The molecule has 0 amide bonds. The van der Waals surface area contributed by atoms with Crippen LogP contribution in [0.25, 0.3) is 10.8 Å². The highest BCUT2D eigenvalue weighted by Crippen LogP contribution is 2.39. The van der Waals surface area contributed by atoms with Gasteiger partial charge in [-0.1, -0.05) is 72.8 Å². The van der Waals surface area contributed by atoms with E-state index in [0.29, 0.717) is 23.7 Å². The van der Waals surface area contributed by atoms with Crippen LogP contribution in [-0.4, -0.2) is 25.9 Å². The first-order chi connectivity index (χ1) is 14.9. The summed E-state index contributed by atoms with van der Waals surface area (Å²) in [5.74, 6) is 0.531. The maximum Gasteiger partial charge on any atom is 0.243 e. The Morgan fingerprint density at radius 1 is 1.06 bits per heavy atom. The second kappa shape index (κ2) is 8.69. The Balaban J connectivity index is 1.83. The molecule has 31 heavy (non-hydrogen) atoms. The number of rotatable bonds is 6. The summed E-state index contributed by atoms with van der Waals surface area (Å²) >= 11 is 0. The van der Waals surface area contributed by atoms with Crippen molar-refractivity contribution in [2.45, 2.75) is 31.2 Å². The first-order valence-electron chi connectivity index (χ1n) is 10.5. The van der Waals surface area contributed by atoms with E-state index in [0.717, 1.165) is 27.5 Å². The summed E-state index contributed by atoms with van der Waals surface area (Å²) in [6, 6.07) is 20.9. The largest absolute Gasteiger partial charge is 0.494 e. The lowest BCUT2D eigenvalue weighted by Gasteiger charge is -2.35. The van der Waals surface area contributed by atoms with Gasteiger partial charge in [0.05, 0.1) is 17.5 Å². The minimum absolute atomic E-state index is 0.225. The molecule has 5 heteroatoms. The molecular weight excluding hydrogens is 406 g/mol. The molecule has 1 heterocycles. The summed E-state index contributed by atoms with van der Waals surface area (Å²) in [7, 11) is -3.73. The molecule has 0 aliphatic carbocycles. The molecule has 0 saturated heterocycles.